The average molecular weight is 115 g/mol. The van der Waals surface area contributed by atoms with Gasteiger partial charge in [0.25, 0.3) is 0 Å². The van der Waals surface area contributed by atoms with Crippen LogP contribution in [0.15, 0.2) is 4.99 Å². The maximum Gasteiger partial charge on any atom is 0.310 e. The fourth-order valence-electron chi connectivity index (χ4n) is 0.249. The van der Waals surface area contributed by atoms with Crippen molar-refractivity contribution in [1.29, 1.82) is 0 Å². The van der Waals surface area contributed by atoms with E-state index in [1.165, 1.54) is 13.3 Å². The largest absolute Gasteiger partial charge is 0.469 e. The van der Waals surface area contributed by atoms with Crippen molar-refractivity contribution in [2.24, 2.45) is 4.99 Å². The van der Waals surface area contributed by atoms with Crippen LogP contribution in [-0.4, -0.2) is 26.3 Å². The number of aliphatic imine (C=N–C) groups is 1. The third kappa shape index (κ3) is 3.33. The predicted molar refractivity (Wildman–Crippen MR) is 31.0 cm³/mol. The zero-order chi connectivity index (χ0) is 6.41. The van der Waals surface area contributed by atoms with Crippen LogP contribution in [0.5, 0.6) is 0 Å². The standard InChI is InChI=1S/C5H9NO2/c1-6-4-3-5(7)8-2/h4H,3H2,1-2H3. The molecule has 0 spiro atoms. The first-order valence-electron chi connectivity index (χ1n) is 2.28. The number of ether oxygens (including phenoxy) is 1. The van der Waals surface area contributed by atoms with Gasteiger partial charge in [-0.3, -0.25) is 4.79 Å². The van der Waals surface area contributed by atoms with Crippen LogP contribution in [-0.2, 0) is 9.53 Å². The summed E-state index contributed by atoms with van der Waals surface area (Å²) in [5.74, 6) is -0.254. The summed E-state index contributed by atoms with van der Waals surface area (Å²) in [7, 11) is 2.97. The molecule has 0 unspecified atom stereocenters. The Bertz CT molecular complexity index is 98.6. The van der Waals surface area contributed by atoms with Crippen LogP contribution in [0.4, 0.5) is 0 Å². The minimum atomic E-state index is -0.254. The van der Waals surface area contributed by atoms with Crippen molar-refractivity contribution in [1.82, 2.24) is 0 Å². The molecule has 0 atom stereocenters. The fourth-order valence-corrected chi connectivity index (χ4v) is 0.249. The monoisotopic (exact) mass is 115 g/mol. The number of hydrogen-bond donors (Lipinski definition) is 0. The van der Waals surface area contributed by atoms with Gasteiger partial charge in [0.15, 0.2) is 0 Å². The van der Waals surface area contributed by atoms with Crippen molar-refractivity contribution in [2.45, 2.75) is 6.42 Å². The van der Waals surface area contributed by atoms with Crippen molar-refractivity contribution in [2.75, 3.05) is 14.2 Å². The lowest BCUT2D eigenvalue weighted by atomic mass is 10.5. The molecule has 3 heteroatoms. The molecule has 0 aromatic carbocycles. The summed E-state index contributed by atoms with van der Waals surface area (Å²) in [6.45, 7) is 0. The van der Waals surface area contributed by atoms with Gasteiger partial charge in [-0.05, 0) is 0 Å². The van der Waals surface area contributed by atoms with Crippen molar-refractivity contribution in [3.63, 3.8) is 0 Å². The minimum Gasteiger partial charge on any atom is -0.469 e. The van der Waals surface area contributed by atoms with Crippen molar-refractivity contribution < 1.29 is 9.53 Å². The van der Waals surface area contributed by atoms with Gasteiger partial charge in [0, 0.05) is 13.3 Å². The summed E-state index contributed by atoms with van der Waals surface area (Å²) in [5, 5.41) is 0. The molecule has 0 aliphatic heterocycles. The maximum atomic E-state index is 10.3. The topological polar surface area (TPSA) is 38.7 Å². The molecular weight excluding hydrogens is 106 g/mol. The number of carbonyl (C=O) groups is 1. The molecule has 0 heterocycles. The molecule has 0 aliphatic rings. The fraction of sp³-hybridized carbons (Fsp3) is 0.600. The number of rotatable bonds is 2. The first-order valence-corrected chi connectivity index (χ1v) is 2.28. The molecule has 0 fully saturated rings. The van der Waals surface area contributed by atoms with Gasteiger partial charge in [0.2, 0.25) is 0 Å². The number of hydrogen-bond acceptors (Lipinski definition) is 3. The smallest absolute Gasteiger partial charge is 0.310 e. The van der Waals surface area contributed by atoms with E-state index >= 15 is 0 Å². The highest BCUT2D eigenvalue weighted by Gasteiger charge is 1.92. The third-order valence-corrected chi connectivity index (χ3v) is 0.668. The maximum absolute atomic E-state index is 10.3. The highest BCUT2D eigenvalue weighted by Crippen LogP contribution is 1.76. The Labute approximate surface area is 48.4 Å². The van der Waals surface area contributed by atoms with Gasteiger partial charge in [-0.1, -0.05) is 0 Å². The second-order valence-electron chi connectivity index (χ2n) is 1.22. The van der Waals surface area contributed by atoms with Crippen molar-refractivity contribution in [3.05, 3.63) is 0 Å². The lowest BCUT2D eigenvalue weighted by Crippen LogP contribution is -1.99. The van der Waals surface area contributed by atoms with Gasteiger partial charge in [-0.15, -0.1) is 0 Å². The quantitative estimate of drug-likeness (QED) is 0.382. The lowest BCUT2D eigenvalue weighted by Gasteiger charge is -1.89. The van der Waals surface area contributed by atoms with E-state index in [4.69, 9.17) is 0 Å². The molecule has 0 N–H and O–H groups in total. The molecule has 3 nitrogen and oxygen atoms in total. The SMILES string of the molecule is CN=CCC(=O)OC. The van der Waals surface area contributed by atoms with Gasteiger partial charge in [0.05, 0.1) is 13.5 Å². The Morgan fingerprint density at radius 2 is 2.50 bits per heavy atom. The zero-order valence-electron chi connectivity index (χ0n) is 5.05. The molecule has 0 bridgehead atoms. The molecule has 0 aromatic heterocycles. The molecular formula is C5H9NO2. The van der Waals surface area contributed by atoms with E-state index in [0.717, 1.165) is 0 Å². The molecule has 0 aromatic rings. The van der Waals surface area contributed by atoms with Crippen molar-refractivity contribution >= 4 is 12.2 Å². The van der Waals surface area contributed by atoms with Crippen LogP contribution in [0.1, 0.15) is 6.42 Å². The summed E-state index contributed by atoms with van der Waals surface area (Å²) < 4.78 is 4.32. The van der Waals surface area contributed by atoms with Crippen molar-refractivity contribution in [3.8, 4) is 0 Å². The van der Waals surface area contributed by atoms with Crippen LogP contribution in [0.25, 0.3) is 0 Å². The Kier molecular flexibility index (Phi) is 3.84. The summed E-state index contributed by atoms with van der Waals surface area (Å²) >= 11 is 0. The molecule has 0 aliphatic carbocycles. The van der Waals surface area contributed by atoms with E-state index in [1.54, 1.807) is 7.05 Å². The third-order valence-electron chi connectivity index (χ3n) is 0.668. The molecule has 46 valence electrons. The number of methoxy groups -OCH3 is 1. The van der Waals surface area contributed by atoms with E-state index in [0.29, 0.717) is 0 Å². The van der Waals surface area contributed by atoms with Gasteiger partial charge >= 0.3 is 5.97 Å². The zero-order valence-corrected chi connectivity index (χ0v) is 5.05. The number of esters is 1. The van der Waals surface area contributed by atoms with Crippen LogP contribution in [0, 0.1) is 0 Å². The van der Waals surface area contributed by atoms with E-state index in [9.17, 15) is 4.79 Å². The van der Waals surface area contributed by atoms with E-state index < -0.39 is 0 Å². The van der Waals surface area contributed by atoms with Crippen LogP contribution in [0.2, 0.25) is 0 Å². The van der Waals surface area contributed by atoms with Crippen LogP contribution in [0.3, 0.4) is 0 Å². The Morgan fingerprint density at radius 1 is 1.88 bits per heavy atom. The second kappa shape index (κ2) is 4.30. The molecule has 0 saturated carbocycles. The van der Waals surface area contributed by atoms with Crippen LogP contribution >= 0.6 is 0 Å². The molecule has 0 amide bonds. The summed E-state index contributed by atoms with van der Waals surface area (Å²) in [4.78, 5) is 13.9. The van der Waals surface area contributed by atoms with E-state index in [2.05, 4.69) is 9.73 Å². The highest BCUT2D eigenvalue weighted by molar-refractivity contribution is 5.85. The van der Waals surface area contributed by atoms with Gasteiger partial charge in [-0.25, -0.2) is 0 Å². The van der Waals surface area contributed by atoms with Gasteiger partial charge < -0.3 is 9.73 Å². The van der Waals surface area contributed by atoms with Crippen LogP contribution < -0.4 is 0 Å². The Morgan fingerprint density at radius 3 is 2.88 bits per heavy atom. The molecule has 0 radical (unpaired) electrons. The minimum absolute atomic E-state index is 0.254. The summed E-state index contributed by atoms with van der Waals surface area (Å²) in [6, 6.07) is 0. The Balaban J connectivity index is 3.25. The van der Waals surface area contributed by atoms with Gasteiger partial charge in [-0.2, -0.15) is 0 Å². The molecule has 8 heavy (non-hydrogen) atoms. The van der Waals surface area contributed by atoms with E-state index in [1.807, 2.05) is 0 Å². The van der Waals surface area contributed by atoms with Gasteiger partial charge in [0.1, 0.15) is 0 Å². The number of carbonyl (C=O) groups excluding carboxylic acids is 1. The summed E-state index contributed by atoms with van der Waals surface area (Å²) in [5.41, 5.74) is 0. The van der Waals surface area contributed by atoms with E-state index in [-0.39, 0.29) is 12.4 Å². The average Bonchev–Trinajstić information content (AvgIpc) is 1.83. The number of nitrogens with zero attached hydrogens (tertiary/aromatic N) is 1. The first kappa shape index (κ1) is 7.14. The normalized spacial score (nSPS) is 9.75. The molecule has 0 rings (SSSR count). The summed E-state index contributed by atoms with van der Waals surface area (Å²) in [6.07, 6.45) is 1.78. The predicted octanol–water partition coefficient (Wildman–Crippen LogP) is 0.250. The Hall–Kier alpha value is -0.860. The second-order valence-corrected chi connectivity index (χ2v) is 1.22. The first-order chi connectivity index (χ1) is 3.81. The molecule has 0 saturated heterocycles. The highest BCUT2D eigenvalue weighted by atomic mass is 16.5. The lowest BCUT2D eigenvalue weighted by molar-refractivity contribution is -0.139.